The van der Waals surface area contributed by atoms with Crippen LogP contribution in [0.5, 0.6) is 0 Å². The first kappa shape index (κ1) is 20.5. The Kier molecular flexibility index (Phi) is 7.46. The van der Waals surface area contributed by atoms with E-state index in [1.54, 1.807) is 0 Å². The molecule has 1 unspecified atom stereocenters. The summed E-state index contributed by atoms with van der Waals surface area (Å²) in [5.41, 5.74) is 7.56. The fourth-order valence-electron chi connectivity index (χ4n) is 3.40. The van der Waals surface area contributed by atoms with Gasteiger partial charge in [0.05, 0.1) is 0 Å². The first-order chi connectivity index (χ1) is 11.2. The van der Waals surface area contributed by atoms with E-state index < -0.39 is 0 Å². The number of hydrogen-bond acceptors (Lipinski definition) is 0. The van der Waals surface area contributed by atoms with E-state index in [2.05, 4.69) is 67.5 Å². The fraction of sp³-hybridized carbons (Fsp3) is 0.280. The highest BCUT2D eigenvalue weighted by Gasteiger charge is 2.18. The maximum Gasteiger partial charge on any atom is 0.0321 e. The third-order valence-electron chi connectivity index (χ3n) is 4.46. The smallest absolute Gasteiger partial charge is 0.0321 e. The van der Waals surface area contributed by atoms with Crippen LogP contribution in [0.3, 0.4) is 0 Å². The summed E-state index contributed by atoms with van der Waals surface area (Å²) in [4.78, 5) is 0. The normalized spacial score (nSPS) is 19.6. The molecule has 1 aromatic rings. The average molecular weight is 331 g/mol. The van der Waals surface area contributed by atoms with Crippen molar-refractivity contribution in [2.45, 2.75) is 41.5 Å². The summed E-state index contributed by atoms with van der Waals surface area (Å²) in [6.07, 6.45) is 25.3. The third-order valence-corrected chi connectivity index (χ3v) is 4.46. The topological polar surface area (TPSA) is 0 Å². The number of hydrogen-bond donors (Lipinski definition) is 0. The van der Waals surface area contributed by atoms with Gasteiger partial charge in [-0.1, -0.05) is 69.4 Å². The van der Waals surface area contributed by atoms with Gasteiger partial charge >= 0.3 is 0 Å². The average Bonchev–Trinajstić information content (AvgIpc) is 2.55. The van der Waals surface area contributed by atoms with E-state index in [0.717, 1.165) is 24.0 Å². The van der Waals surface area contributed by atoms with Gasteiger partial charge in [0.2, 0.25) is 0 Å². The Morgan fingerprint density at radius 3 is 2.64 bits per heavy atom. The van der Waals surface area contributed by atoms with E-state index in [4.69, 9.17) is 6.42 Å². The Balaban J connectivity index is 0.00000156. The van der Waals surface area contributed by atoms with Crippen molar-refractivity contribution in [1.82, 2.24) is 0 Å². The van der Waals surface area contributed by atoms with Gasteiger partial charge in [0.15, 0.2) is 0 Å². The highest BCUT2D eigenvalue weighted by atomic mass is 14.2. The van der Waals surface area contributed by atoms with Gasteiger partial charge in [-0.25, -0.2) is 0 Å². The Bertz CT molecular complexity index is 801. The standard InChI is InChI=1S/C23H22.2CH4/c1-4-9-21-15-22-14-19(13-18-10-7-6-8-11-18)12-17(3)23(22)16-20(21)5-2;;/h2,4,6-10,12-13,15-16,19H,11,14H2,1,3H3;2*1H4/b9-4-,18-13-;;. The molecule has 0 spiro atoms. The molecule has 0 saturated carbocycles. The van der Waals surface area contributed by atoms with Gasteiger partial charge in [-0.05, 0) is 72.6 Å². The molecule has 0 heterocycles. The van der Waals surface area contributed by atoms with Gasteiger partial charge < -0.3 is 0 Å². The molecule has 0 nitrogen and oxygen atoms in total. The minimum Gasteiger partial charge on any atom is -0.115 e. The van der Waals surface area contributed by atoms with Crippen molar-refractivity contribution in [2.75, 3.05) is 0 Å². The van der Waals surface area contributed by atoms with E-state index in [9.17, 15) is 0 Å². The lowest BCUT2D eigenvalue weighted by molar-refractivity contribution is 0.782. The molecule has 130 valence electrons. The van der Waals surface area contributed by atoms with Gasteiger partial charge in [0.1, 0.15) is 0 Å². The molecule has 25 heavy (non-hydrogen) atoms. The van der Waals surface area contributed by atoms with Crippen molar-refractivity contribution in [1.29, 1.82) is 0 Å². The van der Waals surface area contributed by atoms with Crippen LogP contribution in [0, 0.1) is 18.3 Å². The lowest BCUT2D eigenvalue weighted by Gasteiger charge is -2.23. The highest BCUT2D eigenvalue weighted by molar-refractivity contribution is 5.74. The predicted octanol–water partition coefficient (Wildman–Crippen LogP) is 6.99. The van der Waals surface area contributed by atoms with E-state index in [0.29, 0.717) is 5.92 Å². The molecule has 0 bridgehead atoms. The van der Waals surface area contributed by atoms with Crippen LogP contribution < -0.4 is 0 Å². The van der Waals surface area contributed by atoms with E-state index in [-0.39, 0.29) is 14.9 Å². The molecule has 1 atom stereocenters. The summed E-state index contributed by atoms with van der Waals surface area (Å²) >= 11 is 0. The number of allylic oxidation sites excluding steroid dienone is 9. The molecule has 0 N–H and O–H groups in total. The van der Waals surface area contributed by atoms with Crippen LogP contribution in [0.15, 0.2) is 60.2 Å². The van der Waals surface area contributed by atoms with Crippen molar-refractivity contribution in [3.63, 3.8) is 0 Å². The third kappa shape index (κ3) is 4.52. The van der Waals surface area contributed by atoms with Crippen LogP contribution in [0.2, 0.25) is 0 Å². The fourth-order valence-corrected chi connectivity index (χ4v) is 3.40. The molecule has 0 saturated heterocycles. The van der Waals surface area contributed by atoms with Crippen LogP contribution in [-0.4, -0.2) is 0 Å². The first-order valence-corrected chi connectivity index (χ1v) is 8.20. The molecule has 2 aliphatic carbocycles. The molecule has 0 fully saturated rings. The van der Waals surface area contributed by atoms with Crippen molar-refractivity contribution in [2.24, 2.45) is 5.92 Å². The molecule has 3 rings (SSSR count). The molecule has 0 aliphatic heterocycles. The highest BCUT2D eigenvalue weighted by Crippen LogP contribution is 2.33. The van der Waals surface area contributed by atoms with Crippen LogP contribution in [-0.2, 0) is 6.42 Å². The van der Waals surface area contributed by atoms with E-state index in [1.165, 1.54) is 22.3 Å². The second-order valence-electron chi connectivity index (χ2n) is 6.19. The molecule has 0 aromatic heterocycles. The summed E-state index contributed by atoms with van der Waals surface area (Å²) in [5, 5.41) is 0. The quantitative estimate of drug-likeness (QED) is 0.512. The maximum absolute atomic E-state index is 5.68. The van der Waals surface area contributed by atoms with Crippen molar-refractivity contribution < 1.29 is 0 Å². The molecule has 0 radical (unpaired) electrons. The van der Waals surface area contributed by atoms with Crippen molar-refractivity contribution >= 4 is 11.6 Å². The second-order valence-corrected chi connectivity index (χ2v) is 6.19. The van der Waals surface area contributed by atoms with Crippen molar-refractivity contribution in [3.05, 3.63) is 82.5 Å². The van der Waals surface area contributed by atoms with E-state index in [1.807, 2.05) is 13.0 Å². The summed E-state index contributed by atoms with van der Waals surface area (Å²) in [5.74, 6) is 3.28. The van der Waals surface area contributed by atoms with Crippen LogP contribution >= 0.6 is 0 Å². The summed E-state index contributed by atoms with van der Waals surface area (Å²) in [6.45, 7) is 4.22. The van der Waals surface area contributed by atoms with Gasteiger partial charge in [-0.3, -0.25) is 0 Å². The predicted molar refractivity (Wildman–Crippen MR) is 114 cm³/mol. The second kappa shape index (κ2) is 9.09. The molecule has 0 amide bonds. The first-order valence-electron chi connectivity index (χ1n) is 8.20. The number of rotatable bonds is 2. The number of terminal acetylenes is 1. The minimum absolute atomic E-state index is 0. The van der Waals surface area contributed by atoms with Crippen molar-refractivity contribution in [3.8, 4) is 12.3 Å². The van der Waals surface area contributed by atoms with Gasteiger partial charge in [-0.15, -0.1) is 6.42 Å². The van der Waals surface area contributed by atoms with Crippen LogP contribution in [0.4, 0.5) is 0 Å². The molecule has 1 aromatic carbocycles. The maximum atomic E-state index is 5.68. The zero-order valence-corrected chi connectivity index (χ0v) is 13.8. The van der Waals surface area contributed by atoms with E-state index >= 15 is 0 Å². The Morgan fingerprint density at radius 1 is 1.20 bits per heavy atom. The number of fused-ring (bicyclic) bond motifs is 1. The Morgan fingerprint density at radius 2 is 2.00 bits per heavy atom. The largest absolute Gasteiger partial charge is 0.115 e. The Labute approximate surface area is 154 Å². The molecule has 2 aliphatic rings. The van der Waals surface area contributed by atoms with Crippen LogP contribution in [0.25, 0.3) is 11.6 Å². The monoisotopic (exact) mass is 330 g/mol. The van der Waals surface area contributed by atoms with Crippen LogP contribution in [0.1, 0.15) is 57.4 Å². The zero-order valence-electron chi connectivity index (χ0n) is 13.8. The molecular weight excluding hydrogens is 300 g/mol. The molecular formula is C25H30. The van der Waals surface area contributed by atoms with Gasteiger partial charge in [0.25, 0.3) is 0 Å². The lowest BCUT2D eigenvalue weighted by atomic mass is 9.82. The lowest BCUT2D eigenvalue weighted by Crippen LogP contribution is -2.09. The summed E-state index contributed by atoms with van der Waals surface area (Å²) in [7, 11) is 0. The zero-order chi connectivity index (χ0) is 16.2. The number of benzene rings is 1. The van der Waals surface area contributed by atoms with Gasteiger partial charge in [-0.2, -0.15) is 0 Å². The SMILES string of the molecule is C.C.C#Cc1cc2c(cc1/C=C\C)CC(/C=C1/C=CC=CC1)C=C2C. The molecule has 0 heteroatoms. The minimum atomic E-state index is 0. The summed E-state index contributed by atoms with van der Waals surface area (Å²) < 4.78 is 0. The Hall–Kier alpha value is -2.52. The summed E-state index contributed by atoms with van der Waals surface area (Å²) in [6, 6.07) is 4.44. The van der Waals surface area contributed by atoms with Gasteiger partial charge in [0, 0.05) is 5.56 Å².